The molecule has 2 aromatic carbocycles. The number of hydrogen-bond acceptors (Lipinski definition) is 6. The Bertz CT molecular complexity index is 1160. The van der Waals surface area contributed by atoms with E-state index in [1.54, 1.807) is 16.3 Å². The van der Waals surface area contributed by atoms with Crippen LogP contribution in [0.4, 0.5) is 5.13 Å². The maximum atomic E-state index is 13.4. The van der Waals surface area contributed by atoms with Crippen LogP contribution in [0.2, 0.25) is 0 Å². The van der Waals surface area contributed by atoms with Gasteiger partial charge in [-0.2, -0.15) is 0 Å². The molecule has 0 bridgehead atoms. The lowest BCUT2D eigenvalue weighted by molar-refractivity contribution is -0.120. The Hall–Kier alpha value is -3.56. The lowest BCUT2D eigenvalue weighted by Gasteiger charge is -2.27. The van der Waals surface area contributed by atoms with E-state index in [0.717, 1.165) is 5.56 Å². The molecule has 0 fully saturated rings. The van der Waals surface area contributed by atoms with Crippen LogP contribution in [0.1, 0.15) is 38.0 Å². The van der Waals surface area contributed by atoms with E-state index in [9.17, 15) is 14.4 Å². The van der Waals surface area contributed by atoms with Crippen LogP contribution < -0.4 is 10.6 Å². The molecule has 2 heterocycles. The lowest BCUT2D eigenvalue weighted by atomic mass is 10.0. The monoisotopic (exact) mass is 463 g/mol. The fourth-order valence-electron chi connectivity index (χ4n) is 3.69. The molecule has 1 aromatic heterocycles. The summed E-state index contributed by atoms with van der Waals surface area (Å²) >= 11 is 1.17. The topological polar surface area (TPSA) is 94.6 Å². The molecular formula is C24H25N5O3S. The molecule has 4 rings (SSSR count). The molecule has 170 valence electrons. The molecule has 1 aliphatic heterocycles. The molecule has 1 unspecified atom stereocenters. The first-order chi connectivity index (χ1) is 15.9. The Kier molecular flexibility index (Phi) is 6.81. The van der Waals surface area contributed by atoms with Gasteiger partial charge in [0.15, 0.2) is 5.13 Å². The molecule has 0 saturated carbocycles. The summed E-state index contributed by atoms with van der Waals surface area (Å²) in [5, 5.41) is 7.52. The van der Waals surface area contributed by atoms with Gasteiger partial charge in [-0.05, 0) is 31.3 Å². The normalized spacial score (nSPS) is 13.7. The fraction of sp³-hybridized carbons (Fsp3) is 0.250. The number of amides is 3. The standard InChI is InChI=1S/C24H25N5O3S/c1-28(2)13-12-25-21(30)19-15-33-24(26-19)27-22(31)20(16-8-4-3-5-9-16)29-14-17-10-6-7-11-18(17)23(29)32/h3-11,15,20H,12-14H2,1-2H3,(H,25,30)(H,26,27,31). The fourth-order valence-corrected chi connectivity index (χ4v) is 4.38. The van der Waals surface area contributed by atoms with Gasteiger partial charge in [0, 0.05) is 30.6 Å². The Morgan fingerprint density at radius 3 is 2.58 bits per heavy atom. The van der Waals surface area contributed by atoms with Gasteiger partial charge < -0.3 is 15.1 Å². The Balaban J connectivity index is 1.51. The van der Waals surface area contributed by atoms with Crippen molar-refractivity contribution in [3.8, 4) is 0 Å². The number of nitrogens with zero attached hydrogens (tertiary/aromatic N) is 3. The summed E-state index contributed by atoms with van der Waals surface area (Å²) in [6, 6.07) is 15.7. The molecule has 1 atom stereocenters. The number of aromatic nitrogens is 1. The molecule has 1 aliphatic rings. The van der Waals surface area contributed by atoms with E-state index in [4.69, 9.17) is 0 Å². The van der Waals surface area contributed by atoms with Crippen LogP contribution in [0.25, 0.3) is 0 Å². The SMILES string of the molecule is CN(C)CCNC(=O)c1csc(NC(=O)C(c2ccccc2)N2Cc3ccccc3C2=O)n1. The van der Waals surface area contributed by atoms with Crippen molar-refractivity contribution in [1.82, 2.24) is 20.1 Å². The summed E-state index contributed by atoms with van der Waals surface area (Å²) in [4.78, 5) is 46.6. The number of nitrogens with one attached hydrogen (secondary N) is 2. The molecule has 3 aromatic rings. The number of thiazole rings is 1. The van der Waals surface area contributed by atoms with Gasteiger partial charge in [0.2, 0.25) is 0 Å². The third-order valence-electron chi connectivity index (χ3n) is 5.34. The number of hydrogen-bond donors (Lipinski definition) is 2. The van der Waals surface area contributed by atoms with Crippen LogP contribution in [0.3, 0.4) is 0 Å². The zero-order valence-electron chi connectivity index (χ0n) is 18.4. The average molecular weight is 464 g/mol. The van der Waals surface area contributed by atoms with E-state index in [2.05, 4.69) is 15.6 Å². The summed E-state index contributed by atoms with van der Waals surface area (Å²) in [6.07, 6.45) is 0. The quantitative estimate of drug-likeness (QED) is 0.536. The summed E-state index contributed by atoms with van der Waals surface area (Å²) < 4.78 is 0. The highest BCUT2D eigenvalue weighted by Gasteiger charge is 2.37. The molecule has 0 saturated heterocycles. The summed E-state index contributed by atoms with van der Waals surface area (Å²) in [5.74, 6) is -0.857. The summed E-state index contributed by atoms with van der Waals surface area (Å²) in [5.41, 5.74) is 2.45. The highest BCUT2D eigenvalue weighted by molar-refractivity contribution is 7.14. The zero-order chi connectivity index (χ0) is 23.4. The molecule has 0 radical (unpaired) electrons. The minimum absolute atomic E-state index is 0.185. The number of fused-ring (bicyclic) bond motifs is 1. The highest BCUT2D eigenvalue weighted by Crippen LogP contribution is 2.32. The van der Waals surface area contributed by atoms with E-state index in [-0.39, 0.29) is 23.4 Å². The third kappa shape index (κ3) is 5.10. The molecular weight excluding hydrogens is 438 g/mol. The predicted octanol–water partition coefficient (Wildman–Crippen LogP) is 2.77. The maximum Gasteiger partial charge on any atom is 0.270 e. The van der Waals surface area contributed by atoms with Crippen molar-refractivity contribution in [3.63, 3.8) is 0 Å². The van der Waals surface area contributed by atoms with E-state index in [1.165, 1.54) is 11.3 Å². The van der Waals surface area contributed by atoms with Crippen molar-refractivity contribution in [2.24, 2.45) is 0 Å². The molecule has 9 heteroatoms. The molecule has 8 nitrogen and oxygen atoms in total. The van der Waals surface area contributed by atoms with Gasteiger partial charge in [-0.25, -0.2) is 4.98 Å². The van der Waals surface area contributed by atoms with E-state index in [1.807, 2.05) is 67.5 Å². The van der Waals surface area contributed by atoms with Crippen LogP contribution in [0.15, 0.2) is 60.0 Å². The number of carbonyl (C=O) groups excluding carboxylic acids is 3. The van der Waals surface area contributed by atoms with E-state index < -0.39 is 6.04 Å². The van der Waals surface area contributed by atoms with Crippen LogP contribution in [0, 0.1) is 0 Å². The zero-order valence-corrected chi connectivity index (χ0v) is 19.3. The molecule has 0 aliphatic carbocycles. The second kappa shape index (κ2) is 9.93. The first kappa shape index (κ1) is 22.6. The van der Waals surface area contributed by atoms with Crippen LogP contribution in [-0.2, 0) is 11.3 Å². The Morgan fingerprint density at radius 2 is 1.85 bits per heavy atom. The number of anilines is 1. The maximum absolute atomic E-state index is 13.4. The minimum atomic E-state index is -0.827. The Labute approximate surface area is 196 Å². The first-order valence-electron chi connectivity index (χ1n) is 10.6. The van der Waals surface area contributed by atoms with Crippen molar-refractivity contribution in [2.45, 2.75) is 12.6 Å². The van der Waals surface area contributed by atoms with Gasteiger partial charge >= 0.3 is 0 Å². The van der Waals surface area contributed by atoms with Crippen molar-refractivity contribution in [3.05, 3.63) is 82.4 Å². The molecule has 3 amide bonds. The van der Waals surface area contributed by atoms with Gasteiger partial charge in [0.1, 0.15) is 11.7 Å². The van der Waals surface area contributed by atoms with Crippen LogP contribution in [0.5, 0.6) is 0 Å². The Morgan fingerprint density at radius 1 is 1.12 bits per heavy atom. The van der Waals surface area contributed by atoms with Gasteiger partial charge in [0.25, 0.3) is 17.7 Å². The second-order valence-corrected chi connectivity index (χ2v) is 8.85. The van der Waals surface area contributed by atoms with E-state index in [0.29, 0.717) is 35.9 Å². The van der Waals surface area contributed by atoms with Crippen molar-refractivity contribution in [1.29, 1.82) is 0 Å². The van der Waals surface area contributed by atoms with Crippen molar-refractivity contribution in [2.75, 3.05) is 32.5 Å². The number of rotatable bonds is 8. The number of carbonyl (C=O) groups is 3. The van der Waals surface area contributed by atoms with Crippen molar-refractivity contribution < 1.29 is 14.4 Å². The van der Waals surface area contributed by atoms with E-state index >= 15 is 0 Å². The minimum Gasteiger partial charge on any atom is -0.349 e. The van der Waals surface area contributed by atoms with Crippen LogP contribution in [-0.4, -0.2) is 59.7 Å². The lowest BCUT2D eigenvalue weighted by Crippen LogP contribution is -2.37. The smallest absolute Gasteiger partial charge is 0.270 e. The van der Waals surface area contributed by atoms with Gasteiger partial charge in [-0.1, -0.05) is 48.5 Å². The summed E-state index contributed by atoms with van der Waals surface area (Å²) in [7, 11) is 3.85. The number of likely N-dealkylation sites (N-methyl/N-ethyl adjacent to an activating group) is 1. The predicted molar refractivity (Wildman–Crippen MR) is 127 cm³/mol. The van der Waals surface area contributed by atoms with Gasteiger partial charge in [0.05, 0.1) is 0 Å². The van der Waals surface area contributed by atoms with Crippen molar-refractivity contribution >= 4 is 34.2 Å². The largest absolute Gasteiger partial charge is 0.349 e. The summed E-state index contributed by atoms with van der Waals surface area (Å²) in [6.45, 7) is 1.56. The highest BCUT2D eigenvalue weighted by atomic mass is 32.1. The van der Waals surface area contributed by atoms with Gasteiger partial charge in [-0.3, -0.25) is 19.7 Å². The second-order valence-electron chi connectivity index (χ2n) is 7.99. The average Bonchev–Trinajstić information content (AvgIpc) is 3.40. The van der Waals surface area contributed by atoms with Crippen LogP contribution >= 0.6 is 11.3 Å². The molecule has 0 spiro atoms. The third-order valence-corrected chi connectivity index (χ3v) is 6.09. The molecule has 2 N–H and O–H groups in total. The van der Waals surface area contributed by atoms with Gasteiger partial charge in [-0.15, -0.1) is 11.3 Å². The first-order valence-corrected chi connectivity index (χ1v) is 11.4. The number of benzene rings is 2. The molecule has 33 heavy (non-hydrogen) atoms.